The third-order valence-electron chi connectivity index (χ3n) is 4.65. The van der Waals surface area contributed by atoms with Gasteiger partial charge in [0.25, 0.3) is 5.91 Å². The summed E-state index contributed by atoms with van der Waals surface area (Å²) in [7, 11) is 2.19. The van der Waals surface area contributed by atoms with E-state index in [1.165, 1.54) is 19.4 Å². The summed E-state index contributed by atoms with van der Waals surface area (Å²) < 4.78 is 0. The monoisotopic (exact) mass is 293 g/mol. The number of aryl methyl sites for hydroxylation is 1. The molecule has 0 N–H and O–H groups in total. The maximum atomic E-state index is 12.7. The van der Waals surface area contributed by atoms with E-state index in [0.717, 1.165) is 35.7 Å². The van der Waals surface area contributed by atoms with E-state index in [4.69, 9.17) is 0 Å². The fourth-order valence-corrected chi connectivity index (χ4v) is 4.39. The van der Waals surface area contributed by atoms with Crippen LogP contribution in [0.2, 0.25) is 0 Å². The second kappa shape index (κ2) is 5.82. The number of aromatic nitrogens is 1. The number of nitrogens with zero attached hydrogens (tertiary/aromatic N) is 3. The van der Waals surface area contributed by atoms with Gasteiger partial charge in [-0.3, -0.25) is 4.79 Å². The van der Waals surface area contributed by atoms with Crippen molar-refractivity contribution in [2.45, 2.75) is 51.1 Å². The Morgan fingerprint density at radius 1 is 1.35 bits per heavy atom. The van der Waals surface area contributed by atoms with Crippen molar-refractivity contribution in [2.75, 3.05) is 20.1 Å². The van der Waals surface area contributed by atoms with Crippen LogP contribution in [-0.4, -0.2) is 52.9 Å². The molecule has 1 amide bonds. The molecule has 2 saturated heterocycles. The number of rotatable bonds is 3. The smallest absolute Gasteiger partial charge is 0.265 e. The predicted molar refractivity (Wildman–Crippen MR) is 81.2 cm³/mol. The van der Waals surface area contributed by atoms with E-state index in [-0.39, 0.29) is 5.91 Å². The fourth-order valence-electron chi connectivity index (χ4n) is 3.58. The number of amides is 1. The van der Waals surface area contributed by atoms with E-state index < -0.39 is 0 Å². The van der Waals surface area contributed by atoms with Gasteiger partial charge in [0.1, 0.15) is 4.88 Å². The Bertz CT molecular complexity index is 487. The van der Waals surface area contributed by atoms with Crippen LogP contribution >= 0.6 is 11.3 Å². The maximum absolute atomic E-state index is 12.7. The second-order valence-corrected chi connectivity index (χ2v) is 6.99. The summed E-state index contributed by atoms with van der Waals surface area (Å²) >= 11 is 1.56. The maximum Gasteiger partial charge on any atom is 0.265 e. The van der Waals surface area contributed by atoms with E-state index in [1.807, 2.05) is 0 Å². The summed E-state index contributed by atoms with van der Waals surface area (Å²) in [6.45, 7) is 4.16. The Balaban J connectivity index is 1.76. The molecule has 2 aliphatic heterocycles. The van der Waals surface area contributed by atoms with E-state index in [1.54, 1.807) is 17.5 Å². The molecule has 0 saturated carbocycles. The Labute approximate surface area is 124 Å². The summed E-state index contributed by atoms with van der Waals surface area (Å²) in [6, 6.07) is 0.960. The highest BCUT2D eigenvalue weighted by Gasteiger charge is 2.38. The highest BCUT2D eigenvalue weighted by Crippen LogP contribution is 2.30. The number of hydrogen-bond donors (Lipinski definition) is 0. The SMILES string of the molecule is CCc1ncc(C(=O)N2CCCC2C2CCCN2C)s1. The minimum Gasteiger partial charge on any atom is -0.333 e. The molecule has 0 radical (unpaired) electrons. The largest absolute Gasteiger partial charge is 0.333 e. The molecule has 0 bridgehead atoms. The topological polar surface area (TPSA) is 36.4 Å². The fraction of sp³-hybridized carbons (Fsp3) is 0.733. The summed E-state index contributed by atoms with van der Waals surface area (Å²) in [6.07, 6.45) is 7.46. The lowest BCUT2D eigenvalue weighted by molar-refractivity contribution is 0.0669. The van der Waals surface area contributed by atoms with E-state index in [0.29, 0.717) is 12.1 Å². The molecule has 0 spiro atoms. The molecule has 110 valence electrons. The lowest BCUT2D eigenvalue weighted by atomic mass is 10.0. The third kappa shape index (κ3) is 2.49. The first-order valence-electron chi connectivity index (χ1n) is 7.66. The predicted octanol–water partition coefficient (Wildman–Crippen LogP) is 2.40. The van der Waals surface area contributed by atoms with Crippen LogP contribution in [0.15, 0.2) is 6.20 Å². The summed E-state index contributed by atoms with van der Waals surface area (Å²) in [4.78, 5) is 22.4. The van der Waals surface area contributed by atoms with Gasteiger partial charge >= 0.3 is 0 Å². The van der Waals surface area contributed by atoms with Crippen molar-refractivity contribution in [3.05, 3.63) is 16.1 Å². The van der Waals surface area contributed by atoms with Crippen molar-refractivity contribution < 1.29 is 4.79 Å². The van der Waals surface area contributed by atoms with Gasteiger partial charge in [-0.2, -0.15) is 0 Å². The van der Waals surface area contributed by atoms with Gasteiger partial charge in [-0.1, -0.05) is 6.92 Å². The molecule has 2 atom stereocenters. The number of likely N-dealkylation sites (tertiary alicyclic amines) is 2. The van der Waals surface area contributed by atoms with Gasteiger partial charge in [0.2, 0.25) is 0 Å². The van der Waals surface area contributed by atoms with E-state index >= 15 is 0 Å². The molecular formula is C15H23N3OS. The molecule has 2 fully saturated rings. The summed E-state index contributed by atoms with van der Waals surface area (Å²) in [5, 5.41) is 1.06. The third-order valence-corrected chi connectivity index (χ3v) is 5.78. The first-order chi connectivity index (χ1) is 9.70. The Hall–Kier alpha value is -0.940. The molecule has 2 unspecified atom stereocenters. The van der Waals surface area contributed by atoms with Crippen LogP contribution in [0.3, 0.4) is 0 Å². The van der Waals surface area contributed by atoms with Gasteiger partial charge in [-0.15, -0.1) is 11.3 Å². The first kappa shape index (κ1) is 14.0. The van der Waals surface area contributed by atoms with Crippen LogP contribution in [0.4, 0.5) is 0 Å². The van der Waals surface area contributed by atoms with Gasteiger partial charge < -0.3 is 9.80 Å². The molecular weight excluding hydrogens is 270 g/mol. The normalized spacial score (nSPS) is 27.4. The average Bonchev–Trinajstić information content (AvgIpc) is 3.17. The van der Waals surface area contributed by atoms with Gasteiger partial charge in [-0.25, -0.2) is 4.98 Å². The second-order valence-electron chi connectivity index (χ2n) is 5.87. The molecule has 0 aromatic carbocycles. The van der Waals surface area contributed by atoms with Crippen molar-refractivity contribution in [1.82, 2.24) is 14.8 Å². The van der Waals surface area contributed by atoms with E-state index in [2.05, 4.69) is 28.8 Å². The van der Waals surface area contributed by atoms with Gasteiger partial charge in [0.05, 0.1) is 11.2 Å². The van der Waals surface area contributed by atoms with Crippen LogP contribution in [0.1, 0.15) is 47.3 Å². The Kier molecular flexibility index (Phi) is 4.08. The molecule has 1 aromatic rings. The molecule has 3 heterocycles. The van der Waals surface area contributed by atoms with Crippen molar-refractivity contribution in [3.63, 3.8) is 0 Å². The Morgan fingerprint density at radius 3 is 2.75 bits per heavy atom. The number of carbonyl (C=O) groups is 1. The van der Waals surface area contributed by atoms with Crippen LogP contribution in [0.25, 0.3) is 0 Å². The first-order valence-corrected chi connectivity index (χ1v) is 8.48. The Morgan fingerprint density at radius 2 is 2.10 bits per heavy atom. The van der Waals surface area contributed by atoms with Crippen LogP contribution in [0.5, 0.6) is 0 Å². The number of likely N-dealkylation sites (N-methyl/N-ethyl adjacent to an activating group) is 1. The minimum atomic E-state index is 0.199. The molecule has 0 aliphatic carbocycles. The zero-order valence-electron chi connectivity index (χ0n) is 12.3. The zero-order valence-corrected chi connectivity index (χ0v) is 13.2. The molecule has 2 aliphatic rings. The molecule has 4 nitrogen and oxygen atoms in total. The number of thiazole rings is 1. The zero-order chi connectivity index (χ0) is 14.1. The quantitative estimate of drug-likeness (QED) is 0.858. The van der Waals surface area contributed by atoms with Crippen LogP contribution in [0, 0.1) is 0 Å². The number of hydrogen-bond acceptors (Lipinski definition) is 4. The number of carbonyl (C=O) groups excluding carboxylic acids is 1. The van der Waals surface area contributed by atoms with Crippen molar-refractivity contribution in [3.8, 4) is 0 Å². The van der Waals surface area contributed by atoms with Crippen LogP contribution < -0.4 is 0 Å². The molecule has 5 heteroatoms. The van der Waals surface area contributed by atoms with Crippen LogP contribution in [-0.2, 0) is 6.42 Å². The van der Waals surface area contributed by atoms with Gasteiger partial charge in [-0.05, 0) is 45.7 Å². The summed E-state index contributed by atoms with van der Waals surface area (Å²) in [5.41, 5.74) is 0. The van der Waals surface area contributed by atoms with Crippen molar-refractivity contribution in [2.24, 2.45) is 0 Å². The van der Waals surface area contributed by atoms with Gasteiger partial charge in [0.15, 0.2) is 0 Å². The average molecular weight is 293 g/mol. The van der Waals surface area contributed by atoms with Crippen molar-refractivity contribution in [1.29, 1.82) is 0 Å². The highest BCUT2D eigenvalue weighted by molar-refractivity contribution is 7.13. The van der Waals surface area contributed by atoms with Crippen molar-refractivity contribution >= 4 is 17.2 Å². The molecule has 1 aromatic heterocycles. The lowest BCUT2D eigenvalue weighted by Crippen LogP contribution is -2.46. The minimum absolute atomic E-state index is 0.199. The highest BCUT2D eigenvalue weighted by atomic mass is 32.1. The van der Waals surface area contributed by atoms with Gasteiger partial charge in [0, 0.05) is 18.6 Å². The lowest BCUT2D eigenvalue weighted by Gasteiger charge is -2.33. The molecule has 3 rings (SSSR count). The van der Waals surface area contributed by atoms with E-state index in [9.17, 15) is 4.79 Å². The summed E-state index contributed by atoms with van der Waals surface area (Å²) in [5.74, 6) is 0.199. The molecule has 20 heavy (non-hydrogen) atoms. The standard InChI is InChI=1S/C15H23N3OS/c1-3-14-16-10-13(20-14)15(19)18-9-5-7-12(18)11-6-4-8-17(11)2/h10-12H,3-9H2,1-2H3.